The molecule has 7 nitrogen and oxygen atoms in total. The second-order valence-electron chi connectivity index (χ2n) is 8.32. The third-order valence-electron chi connectivity index (χ3n) is 6.39. The predicted octanol–water partition coefficient (Wildman–Crippen LogP) is 1.75. The number of aliphatic hydroxyl groups excluding tert-OH is 2. The fraction of sp³-hybridized carbons (Fsp3) is 0.381. The minimum atomic E-state index is -0.881. The van der Waals surface area contributed by atoms with Crippen molar-refractivity contribution in [1.82, 2.24) is 0 Å². The Kier molecular flexibility index (Phi) is 4.99. The summed E-state index contributed by atoms with van der Waals surface area (Å²) in [5.74, 6) is -3.16. The van der Waals surface area contributed by atoms with Gasteiger partial charge in [0.15, 0.2) is 0 Å². The Labute approximate surface area is 188 Å². The molecule has 30 heavy (non-hydrogen) atoms. The van der Waals surface area contributed by atoms with Crippen molar-refractivity contribution in [3.05, 3.63) is 37.7 Å². The Morgan fingerprint density at radius 3 is 2.53 bits per heavy atom. The van der Waals surface area contributed by atoms with Gasteiger partial charge in [-0.2, -0.15) is 0 Å². The van der Waals surface area contributed by atoms with Gasteiger partial charge >= 0.3 is 189 Å². The van der Waals surface area contributed by atoms with Crippen LogP contribution in [0.25, 0.3) is 5.76 Å². The number of allylic oxidation sites excluding steroid dienone is 2. The molecule has 0 aliphatic heterocycles. The molecule has 4 rings (SSSR count). The van der Waals surface area contributed by atoms with E-state index >= 15 is 0 Å². The summed E-state index contributed by atoms with van der Waals surface area (Å²) in [6.07, 6.45) is 1.10. The number of hydrogen-bond acceptors (Lipinski definition) is 6. The Hall–Kier alpha value is -2.30. The molecule has 1 radical (unpaired) electrons. The van der Waals surface area contributed by atoms with E-state index in [1.54, 1.807) is 0 Å². The molecule has 0 heterocycles. The van der Waals surface area contributed by atoms with Gasteiger partial charge in [-0.1, -0.05) is 0 Å². The number of hydrogen-bond donors (Lipinski definition) is 4. The van der Waals surface area contributed by atoms with E-state index in [0.29, 0.717) is 16.4 Å². The zero-order valence-electron chi connectivity index (χ0n) is 16.6. The van der Waals surface area contributed by atoms with Crippen LogP contribution in [0.3, 0.4) is 0 Å². The monoisotopic (exact) mass is 519 g/mol. The van der Waals surface area contributed by atoms with Gasteiger partial charge < -0.3 is 0 Å². The van der Waals surface area contributed by atoms with Gasteiger partial charge in [0.2, 0.25) is 0 Å². The number of aromatic hydroxyl groups is 1. The number of nitrogens with two attached hydrogens (primary N) is 1. The molecule has 0 bridgehead atoms. The number of nitrogens with zero attached hydrogens (tertiary/aromatic N) is 1. The number of ketones is 1. The number of amides is 1. The first-order chi connectivity index (χ1) is 14.0. The molecular weight excluding hydrogens is 498 g/mol. The molecule has 0 aromatic heterocycles. The van der Waals surface area contributed by atoms with E-state index in [2.05, 4.69) is 0 Å². The SMILES string of the molecule is [B]=C1C(C(N)=O)=C(O)CC2CC3Cc4c(N(C)C)cc(I)c(O)c4C(O)=C3C(=O)C12. The van der Waals surface area contributed by atoms with Crippen LogP contribution in [0, 0.1) is 21.3 Å². The van der Waals surface area contributed by atoms with Crippen LogP contribution in [-0.2, 0) is 16.0 Å². The Balaban J connectivity index is 1.89. The summed E-state index contributed by atoms with van der Waals surface area (Å²) in [5.41, 5.74) is 7.23. The first-order valence-corrected chi connectivity index (χ1v) is 10.7. The van der Waals surface area contributed by atoms with Gasteiger partial charge in [0.25, 0.3) is 0 Å². The first kappa shape index (κ1) is 21.0. The summed E-state index contributed by atoms with van der Waals surface area (Å²) in [6, 6.07) is 1.85. The fourth-order valence-electron chi connectivity index (χ4n) is 5.16. The summed E-state index contributed by atoms with van der Waals surface area (Å²) in [6.45, 7) is 0. The van der Waals surface area contributed by atoms with Crippen molar-refractivity contribution in [2.75, 3.05) is 19.0 Å². The number of carbonyl (C=O) groups excluding carboxylic acids is 2. The molecule has 1 aromatic carbocycles. The normalized spacial score (nSPS) is 25.6. The zero-order chi connectivity index (χ0) is 22.1. The Bertz CT molecular complexity index is 1090. The van der Waals surface area contributed by atoms with E-state index in [-0.39, 0.29) is 63.5 Å². The van der Waals surface area contributed by atoms with E-state index in [4.69, 9.17) is 13.2 Å². The van der Waals surface area contributed by atoms with E-state index in [1.807, 2.05) is 47.7 Å². The first-order valence-electron chi connectivity index (χ1n) is 9.58. The van der Waals surface area contributed by atoms with Crippen LogP contribution in [0.2, 0.25) is 0 Å². The van der Waals surface area contributed by atoms with Crippen molar-refractivity contribution < 1.29 is 24.9 Å². The summed E-state index contributed by atoms with van der Waals surface area (Å²) in [5, 5.41) is 32.1. The van der Waals surface area contributed by atoms with Crippen LogP contribution in [0.15, 0.2) is 23.0 Å². The van der Waals surface area contributed by atoms with Crippen molar-refractivity contribution in [2.45, 2.75) is 19.3 Å². The van der Waals surface area contributed by atoms with E-state index in [0.717, 1.165) is 11.3 Å². The minimum absolute atomic E-state index is 0.0494. The van der Waals surface area contributed by atoms with Crippen molar-refractivity contribution in [3.8, 4) is 5.75 Å². The van der Waals surface area contributed by atoms with E-state index in [1.165, 1.54) is 0 Å². The molecule has 1 fully saturated rings. The van der Waals surface area contributed by atoms with Crippen molar-refractivity contribution in [3.63, 3.8) is 0 Å². The number of rotatable bonds is 2. The number of carbonyl (C=O) groups is 2. The second-order valence-corrected chi connectivity index (χ2v) is 9.48. The van der Waals surface area contributed by atoms with Crippen molar-refractivity contribution in [2.24, 2.45) is 23.5 Å². The molecule has 1 amide bonds. The van der Waals surface area contributed by atoms with Crippen molar-refractivity contribution in [1.29, 1.82) is 0 Å². The van der Waals surface area contributed by atoms with Crippen LogP contribution in [0.1, 0.15) is 24.0 Å². The summed E-state index contributed by atoms with van der Waals surface area (Å²) < 4.78 is 0.564. The molecule has 5 N–H and O–H groups in total. The zero-order valence-corrected chi connectivity index (χ0v) is 18.7. The molecule has 0 spiro atoms. The molecule has 0 saturated heterocycles. The standard InChI is InChI=1S/C21H21BIN2O5/c1-25(2)11-6-10(23)18(27)15-9(11)4-7-3-8-5-12(26)16(21(24)30)17(22)13(8)19(28)14(7)20(15)29/h6-8,13,26-27,29H,3-5H2,1-2H3,(H2,24,30). The topological polar surface area (TPSA) is 124 Å². The number of phenols is 1. The van der Waals surface area contributed by atoms with Crippen LogP contribution in [-0.4, -0.2) is 54.1 Å². The van der Waals surface area contributed by atoms with Crippen LogP contribution in [0.5, 0.6) is 5.75 Å². The third-order valence-corrected chi connectivity index (χ3v) is 7.21. The number of phenolic OH excluding ortho intramolecular Hbond substituents is 1. The summed E-state index contributed by atoms with van der Waals surface area (Å²) in [4.78, 5) is 27.1. The number of benzene rings is 1. The molecule has 3 unspecified atom stereocenters. The summed E-state index contributed by atoms with van der Waals surface area (Å²) in [7, 11) is 9.87. The quantitative estimate of drug-likeness (QED) is 0.349. The van der Waals surface area contributed by atoms with Gasteiger partial charge in [-0.05, 0) is 0 Å². The number of primary amides is 1. The number of halogens is 1. The third kappa shape index (κ3) is 2.89. The second kappa shape index (κ2) is 7.14. The Morgan fingerprint density at radius 1 is 1.27 bits per heavy atom. The average Bonchev–Trinajstić information content (AvgIpc) is 2.63. The van der Waals surface area contributed by atoms with Gasteiger partial charge in [0.05, 0.1) is 0 Å². The average molecular weight is 519 g/mol. The van der Waals surface area contributed by atoms with E-state index in [9.17, 15) is 24.9 Å². The van der Waals surface area contributed by atoms with Gasteiger partial charge in [-0.15, -0.1) is 0 Å². The Morgan fingerprint density at radius 2 is 1.93 bits per heavy atom. The maximum atomic E-state index is 13.4. The van der Waals surface area contributed by atoms with Crippen LogP contribution < -0.4 is 10.6 Å². The van der Waals surface area contributed by atoms with Gasteiger partial charge in [-0.3, -0.25) is 0 Å². The maximum absolute atomic E-state index is 13.4. The van der Waals surface area contributed by atoms with Crippen LogP contribution >= 0.6 is 22.6 Å². The van der Waals surface area contributed by atoms with Gasteiger partial charge in [-0.25, -0.2) is 0 Å². The molecule has 3 atom stereocenters. The molecule has 155 valence electrons. The number of aliphatic hydroxyl groups is 2. The number of fused-ring (bicyclic) bond motifs is 3. The number of anilines is 1. The van der Waals surface area contributed by atoms with Crippen LogP contribution in [0.4, 0.5) is 5.69 Å². The molecule has 3 aliphatic rings. The number of Topliss-reactive ketones (excluding diaryl/α,β-unsaturated/α-hetero) is 1. The molecule has 9 heteroatoms. The van der Waals surface area contributed by atoms with Crippen molar-refractivity contribution >= 4 is 58.7 Å². The predicted molar refractivity (Wildman–Crippen MR) is 123 cm³/mol. The van der Waals surface area contributed by atoms with Gasteiger partial charge in [0.1, 0.15) is 0 Å². The molecule has 1 saturated carbocycles. The molecule has 1 aromatic rings. The molecule has 3 aliphatic carbocycles. The summed E-state index contributed by atoms with van der Waals surface area (Å²) >= 11 is 1.99. The fourth-order valence-corrected chi connectivity index (χ4v) is 5.72. The van der Waals surface area contributed by atoms with E-state index < -0.39 is 11.8 Å². The van der Waals surface area contributed by atoms with Gasteiger partial charge in [0, 0.05) is 0 Å². The molecular formula is C21H21BIN2O5.